The molecular formula is C15H24N2O3S. The largest absolute Gasteiger partial charge is 0.356 e. The van der Waals surface area contributed by atoms with E-state index in [0.717, 1.165) is 5.56 Å². The van der Waals surface area contributed by atoms with Gasteiger partial charge >= 0.3 is 0 Å². The van der Waals surface area contributed by atoms with E-state index >= 15 is 0 Å². The number of amides is 1. The maximum absolute atomic E-state index is 12.1. The molecule has 1 aromatic carbocycles. The van der Waals surface area contributed by atoms with Gasteiger partial charge in [-0.05, 0) is 29.5 Å². The summed E-state index contributed by atoms with van der Waals surface area (Å²) in [5, 5.41) is 2.62. The smallest absolute Gasteiger partial charge is 0.240 e. The molecule has 0 fully saturated rings. The quantitative estimate of drug-likeness (QED) is 0.786. The zero-order chi connectivity index (χ0) is 16.1. The first-order chi connectivity index (χ1) is 9.63. The number of nitrogens with one attached hydrogen (secondary N) is 2. The zero-order valence-corrected chi connectivity index (χ0v) is 13.9. The van der Waals surface area contributed by atoms with Gasteiger partial charge in [0.05, 0.1) is 4.90 Å². The summed E-state index contributed by atoms with van der Waals surface area (Å²) in [4.78, 5) is 10.9. The summed E-state index contributed by atoms with van der Waals surface area (Å²) in [5.41, 5.74) is 1.08. The van der Waals surface area contributed by atoms with E-state index < -0.39 is 10.0 Å². The van der Waals surface area contributed by atoms with Gasteiger partial charge in [-0.25, -0.2) is 13.1 Å². The Labute approximate surface area is 127 Å². The lowest BCUT2D eigenvalue weighted by molar-refractivity contribution is -0.118. The number of rotatable bonds is 6. The Balaban J connectivity index is 2.60. The average molecular weight is 312 g/mol. The van der Waals surface area contributed by atoms with Crippen LogP contribution in [0.1, 0.15) is 39.7 Å². The number of benzene rings is 1. The first-order valence-corrected chi connectivity index (χ1v) is 8.46. The SMILES string of the molecule is CC(=O)NCCCNS(=O)(=O)c1ccc(C(C)(C)C)cc1. The molecule has 0 spiro atoms. The first-order valence-electron chi connectivity index (χ1n) is 6.97. The van der Waals surface area contributed by atoms with Crippen LogP contribution < -0.4 is 10.0 Å². The molecule has 0 bridgehead atoms. The minimum absolute atomic E-state index is 0.00587. The molecule has 1 rings (SSSR count). The van der Waals surface area contributed by atoms with Crippen LogP contribution in [-0.4, -0.2) is 27.4 Å². The number of hydrogen-bond acceptors (Lipinski definition) is 3. The van der Waals surface area contributed by atoms with Gasteiger partial charge in [-0.15, -0.1) is 0 Å². The maximum atomic E-state index is 12.1. The van der Waals surface area contributed by atoms with Crippen molar-refractivity contribution in [3.63, 3.8) is 0 Å². The van der Waals surface area contributed by atoms with Gasteiger partial charge in [0.25, 0.3) is 0 Å². The van der Waals surface area contributed by atoms with Crippen molar-refractivity contribution in [1.82, 2.24) is 10.0 Å². The first kappa shape index (κ1) is 17.7. The predicted octanol–water partition coefficient (Wildman–Crippen LogP) is 1.79. The van der Waals surface area contributed by atoms with Crippen LogP contribution in [0.2, 0.25) is 0 Å². The van der Waals surface area contributed by atoms with Crippen molar-refractivity contribution in [3.8, 4) is 0 Å². The molecule has 0 saturated carbocycles. The van der Waals surface area contributed by atoms with Crippen molar-refractivity contribution in [2.75, 3.05) is 13.1 Å². The molecule has 6 heteroatoms. The van der Waals surface area contributed by atoms with Gasteiger partial charge in [0.15, 0.2) is 0 Å². The van der Waals surface area contributed by atoms with Gasteiger partial charge in [0.1, 0.15) is 0 Å². The second-order valence-electron chi connectivity index (χ2n) is 6.01. The molecule has 21 heavy (non-hydrogen) atoms. The van der Waals surface area contributed by atoms with Gasteiger partial charge in [0, 0.05) is 20.0 Å². The molecule has 0 aliphatic rings. The highest BCUT2D eigenvalue weighted by atomic mass is 32.2. The minimum Gasteiger partial charge on any atom is -0.356 e. The third kappa shape index (κ3) is 5.85. The van der Waals surface area contributed by atoms with Gasteiger partial charge in [-0.3, -0.25) is 4.79 Å². The van der Waals surface area contributed by atoms with Crippen LogP contribution in [0.15, 0.2) is 29.2 Å². The number of carbonyl (C=O) groups excluding carboxylic acids is 1. The Hall–Kier alpha value is -1.40. The average Bonchev–Trinajstić information content (AvgIpc) is 2.37. The van der Waals surface area contributed by atoms with E-state index in [1.165, 1.54) is 6.92 Å². The molecule has 1 aromatic rings. The van der Waals surface area contributed by atoms with Crippen LogP contribution in [0.5, 0.6) is 0 Å². The van der Waals surface area contributed by atoms with E-state index in [-0.39, 0.29) is 16.2 Å². The lowest BCUT2D eigenvalue weighted by atomic mass is 9.87. The van der Waals surface area contributed by atoms with E-state index in [4.69, 9.17) is 0 Å². The van der Waals surface area contributed by atoms with Crippen molar-refractivity contribution in [2.24, 2.45) is 0 Å². The Morgan fingerprint density at radius 2 is 1.67 bits per heavy atom. The summed E-state index contributed by atoms with van der Waals surface area (Å²) >= 11 is 0. The van der Waals surface area contributed by atoms with Crippen LogP contribution in [0, 0.1) is 0 Å². The highest BCUT2D eigenvalue weighted by molar-refractivity contribution is 7.89. The van der Waals surface area contributed by atoms with Gasteiger partial charge in [-0.2, -0.15) is 0 Å². The molecular weight excluding hydrogens is 288 g/mol. The summed E-state index contributed by atoms with van der Waals surface area (Å²) in [7, 11) is -3.49. The Morgan fingerprint density at radius 3 is 2.14 bits per heavy atom. The zero-order valence-electron chi connectivity index (χ0n) is 13.1. The van der Waals surface area contributed by atoms with Crippen molar-refractivity contribution >= 4 is 15.9 Å². The number of carbonyl (C=O) groups is 1. The molecule has 0 aliphatic heterocycles. The fourth-order valence-electron chi connectivity index (χ4n) is 1.78. The van der Waals surface area contributed by atoms with Crippen molar-refractivity contribution < 1.29 is 13.2 Å². The Morgan fingerprint density at radius 1 is 1.10 bits per heavy atom. The minimum atomic E-state index is -3.49. The van der Waals surface area contributed by atoms with Crippen LogP contribution in [0.3, 0.4) is 0 Å². The third-order valence-electron chi connectivity index (χ3n) is 3.05. The second kappa shape index (κ2) is 7.04. The predicted molar refractivity (Wildman–Crippen MR) is 83.6 cm³/mol. The second-order valence-corrected chi connectivity index (χ2v) is 7.78. The van der Waals surface area contributed by atoms with Gasteiger partial charge < -0.3 is 5.32 Å². The van der Waals surface area contributed by atoms with Crippen LogP contribution in [0.4, 0.5) is 0 Å². The summed E-state index contributed by atoms with van der Waals surface area (Å²) < 4.78 is 26.7. The lowest BCUT2D eigenvalue weighted by Crippen LogP contribution is -2.29. The highest BCUT2D eigenvalue weighted by Gasteiger charge is 2.17. The molecule has 5 nitrogen and oxygen atoms in total. The molecule has 0 radical (unpaired) electrons. The topological polar surface area (TPSA) is 75.3 Å². The summed E-state index contributed by atoms with van der Waals surface area (Å²) in [5.74, 6) is -0.115. The molecule has 0 aliphatic carbocycles. The van der Waals surface area contributed by atoms with Crippen molar-refractivity contribution in [1.29, 1.82) is 0 Å². The lowest BCUT2D eigenvalue weighted by Gasteiger charge is -2.19. The monoisotopic (exact) mass is 312 g/mol. The molecule has 0 unspecified atom stereocenters. The van der Waals surface area contributed by atoms with E-state index in [0.29, 0.717) is 19.5 Å². The molecule has 118 valence electrons. The van der Waals surface area contributed by atoms with Crippen LogP contribution in [0.25, 0.3) is 0 Å². The summed E-state index contributed by atoms with van der Waals surface area (Å²) in [6.07, 6.45) is 0.554. The maximum Gasteiger partial charge on any atom is 0.240 e. The van der Waals surface area contributed by atoms with Gasteiger partial charge in [0.2, 0.25) is 15.9 Å². The Bertz CT molecular complexity index is 572. The summed E-state index contributed by atoms with van der Waals surface area (Å²) in [6, 6.07) is 6.92. The van der Waals surface area contributed by atoms with Crippen molar-refractivity contribution in [2.45, 2.75) is 44.4 Å². The fraction of sp³-hybridized carbons (Fsp3) is 0.533. The summed E-state index contributed by atoms with van der Waals surface area (Å²) in [6.45, 7) is 8.43. The normalized spacial score (nSPS) is 12.2. The fourth-order valence-corrected chi connectivity index (χ4v) is 2.85. The number of sulfonamides is 1. The standard InChI is InChI=1S/C15H24N2O3S/c1-12(18)16-10-5-11-17-21(19,20)14-8-6-13(7-9-14)15(2,3)4/h6-9,17H,5,10-11H2,1-4H3,(H,16,18). The van der Waals surface area contributed by atoms with Crippen LogP contribution in [-0.2, 0) is 20.2 Å². The van der Waals surface area contributed by atoms with E-state index in [1.54, 1.807) is 12.1 Å². The highest BCUT2D eigenvalue weighted by Crippen LogP contribution is 2.23. The Kier molecular flexibility index (Phi) is 5.92. The molecule has 0 heterocycles. The molecule has 1 amide bonds. The molecule has 0 aromatic heterocycles. The number of hydrogen-bond donors (Lipinski definition) is 2. The van der Waals surface area contributed by atoms with E-state index in [9.17, 15) is 13.2 Å². The molecule has 0 saturated heterocycles. The molecule has 0 atom stereocenters. The van der Waals surface area contributed by atoms with Gasteiger partial charge in [-0.1, -0.05) is 32.9 Å². The van der Waals surface area contributed by atoms with Crippen molar-refractivity contribution in [3.05, 3.63) is 29.8 Å². The third-order valence-corrected chi connectivity index (χ3v) is 4.53. The van der Waals surface area contributed by atoms with E-state index in [1.807, 2.05) is 12.1 Å². The molecule has 2 N–H and O–H groups in total. The van der Waals surface area contributed by atoms with E-state index in [2.05, 4.69) is 30.8 Å². The van der Waals surface area contributed by atoms with Crippen LogP contribution >= 0.6 is 0 Å².